The Morgan fingerprint density at radius 1 is 0.778 bits per heavy atom. The van der Waals surface area contributed by atoms with Crippen LogP contribution >= 0.6 is 11.6 Å². The van der Waals surface area contributed by atoms with Crippen molar-refractivity contribution in [3.8, 4) is 0 Å². The second-order valence-electron chi connectivity index (χ2n) is 7.59. The number of carbonyl (C=O) groups is 1. The average molecular weight is 374 g/mol. The van der Waals surface area contributed by atoms with E-state index in [9.17, 15) is 4.79 Å². The highest BCUT2D eigenvalue weighted by Crippen LogP contribution is 2.58. The van der Waals surface area contributed by atoms with Crippen LogP contribution in [-0.2, 0) is 4.79 Å². The molecule has 3 aromatic carbocycles. The van der Waals surface area contributed by atoms with Crippen molar-refractivity contribution in [1.82, 2.24) is 0 Å². The summed E-state index contributed by atoms with van der Waals surface area (Å²) in [5.74, 6) is 0.611. The van der Waals surface area contributed by atoms with Crippen molar-refractivity contribution in [2.75, 3.05) is 5.32 Å². The summed E-state index contributed by atoms with van der Waals surface area (Å²) in [7, 11) is 0. The van der Waals surface area contributed by atoms with Crippen LogP contribution in [0.4, 0.5) is 5.69 Å². The lowest BCUT2D eigenvalue weighted by Gasteiger charge is -2.49. The lowest BCUT2D eigenvalue weighted by atomic mass is 9.54. The number of benzene rings is 3. The first-order chi connectivity index (χ1) is 13.1. The van der Waals surface area contributed by atoms with Crippen molar-refractivity contribution < 1.29 is 4.79 Å². The topological polar surface area (TPSA) is 29.1 Å². The van der Waals surface area contributed by atoms with E-state index in [1.807, 2.05) is 12.1 Å². The zero-order valence-corrected chi connectivity index (χ0v) is 15.8. The van der Waals surface area contributed by atoms with E-state index in [0.717, 1.165) is 5.69 Å². The highest BCUT2D eigenvalue weighted by atomic mass is 35.5. The Morgan fingerprint density at radius 2 is 1.26 bits per heavy atom. The molecule has 3 aliphatic carbocycles. The van der Waals surface area contributed by atoms with Crippen molar-refractivity contribution in [3.05, 3.63) is 100 Å². The zero-order valence-electron chi connectivity index (χ0n) is 15.0. The largest absolute Gasteiger partial charge is 0.326 e. The van der Waals surface area contributed by atoms with Gasteiger partial charge in [-0.25, -0.2) is 0 Å². The summed E-state index contributed by atoms with van der Waals surface area (Å²) in [5, 5.41) is 3.79. The second kappa shape index (κ2) is 6.24. The number of nitrogens with one attached hydrogen (secondary N) is 1. The smallest absolute Gasteiger partial charge is 0.228 e. The molecule has 0 fully saturated rings. The van der Waals surface area contributed by atoms with Crippen molar-refractivity contribution >= 4 is 23.2 Å². The standard InChI is InChI=1S/C24H20ClNO/c1-14-21-17-6-2-4-8-19(17)23(20-9-5-3-7-18(20)21)22(14)24(27)26-16-12-10-15(25)11-13-16/h2-14,21-23H,1H3,(H,26,27). The Kier molecular flexibility index (Phi) is 3.84. The first kappa shape index (κ1) is 16.6. The predicted molar refractivity (Wildman–Crippen MR) is 109 cm³/mol. The normalized spacial score (nSPS) is 24.8. The second-order valence-corrected chi connectivity index (χ2v) is 8.03. The van der Waals surface area contributed by atoms with Crippen molar-refractivity contribution in [2.45, 2.75) is 18.8 Å². The van der Waals surface area contributed by atoms with Crippen LogP contribution < -0.4 is 5.32 Å². The number of fused-ring (bicyclic) bond motifs is 1. The Labute approximate surface area is 164 Å². The molecule has 0 heterocycles. The van der Waals surface area contributed by atoms with Gasteiger partial charge in [-0.3, -0.25) is 4.79 Å². The summed E-state index contributed by atoms with van der Waals surface area (Å²) in [5.41, 5.74) is 6.15. The summed E-state index contributed by atoms with van der Waals surface area (Å²) < 4.78 is 0. The molecule has 1 N–H and O–H groups in total. The predicted octanol–water partition coefficient (Wildman–Crippen LogP) is 5.82. The molecule has 0 saturated carbocycles. The van der Waals surface area contributed by atoms with Gasteiger partial charge in [-0.2, -0.15) is 0 Å². The Morgan fingerprint density at radius 3 is 1.78 bits per heavy atom. The third-order valence-corrected chi connectivity index (χ3v) is 6.45. The van der Waals surface area contributed by atoms with E-state index < -0.39 is 0 Å². The van der Waals surface area contributed by atoms with E-state index in [2.05, 4.69) is 60.8 Å². The van der Waals surface area contributed by atoms with E-state index in [1.54, 1.807) is 12.1 Å². The van der Waals surface area contributed by atoms with Crippen molar-refractivity contribution in [2.24, 2.45) is 11.8 Å². The Hall–Kier alpha value is -2.58. The van der Waals surface area contributed by atoms with Gasteiger partial charge in [0.2, 0.25) is 5.91 Å². The summed E-state index contributed by atoms with van der Waals surface area (Å²) in [6.45, 7) is 2.22. The number of rotatable bonds is 2. The van der Waals surface area contributed by atoms with Crippen LogP contribution in [0.25, 0.3) is 0 Å². The summed E-state index contributed by atoms with van der Waals surface area (Å²) in [6.07, 6.45) is 0. The minimum absolute atomic E-state index is 0.0869. The van der Waals surface area contributed by atoms with Gasteiger partial charge in [-0.1, -0.05) is 67.1 Å². The monoisotopic (exact) mass is 373 g/mol. The molecule has 1 amide bonds. The first-order valence-corrected chi connectivity index (χ1v) is 9.77. The maximum Gasteiger partial charge on any atom is 0.228 e. The van der Waals surface area contributed by atoms with Gasteiger partial charge in [0.1, 0.15) is 0 Å². The number of anilines is 1. The van der Waals surface area contributed by atoms with Crippen LogP contribution in [-0.4, -0.2) is 5.91 Å². The minimum atomic E-state index is -0.0875. The molecule has 2 nitrogen and oxygen atoms in total. The maximum atomic E-state index is 13.3. The molecule has 0 aliphatic heterocycles. The van der Waals surface area contributed by atoms with Crippen LogP contribution in [0.2, 0.25) is 5.02 Å². The number of hydrogen-bond acceptors (Lipinski definition) is 1. The highest BCUT2D eigenvalue weighted by Gasteiger charge is 2.50. The van der Waals surface area contributed by atoms with Crippen LogP contribution in [0, 0.1) is 11.8 Å². The van der Waals surface area contributed by atoms with Crippen LogP contribution in [0.3, 0.4) is 0 Å². The van der Waals surface area contributed by atoms with Crippen LogP contribution in [0.1, 0.15) is 41.0 Å². The van der Waals surface area contributed by atoms with E-state index in [1.165, 1.54) is 22.3 Å². The van der Waals surface area contributed by atoms with Gasteiger partial charge in [0.15, 0.2) is 0 Å². The third kappa shape index (κ3) is 2.51. The van der Waals surface area contributed by atoms with Crippen molar-refractivity contribution in [1.29, 1.82) is 0 Å². The molecule has 134 valence electrons. The van der Waals surface area contributed by atoms with Gasteiger partial charge in [0, 0.05) is 22.5 Å². The molecular weight excluding hydrogens is 354 g/mol. The van der Waals surface area contributed by atoms with Gasteiger partial charge >= 0.3 is 0 Å². The molecule has 3 aliphatic rings. The molecule has 2 bridgehead atoms. The van der Waals surface area contributed by atoms with Gasteiger partial charge < -0.3 is 5.32 Å². The highest BCUT2D eigenvalue weighted by molar-refractivity contribution is 6.30. The molecule has 0 spiro atoms. The van der Waals surface area contributed by atoms with E-state index in [-0.39, 0.29) is 29.6 Å². The molecule has 6 rings (SSSR count). The van der Waals surface area contributed by atoms with Crippen LogP contribution in [0.15, 0.2) is 72.8 Å². The van der Waals surface area contributed by atoms with Crippen LogP contribution in [0.5, 0.6) is 0 Å². The van der Waals surface area contributed by atoms with E-state index in [0.29, 0.717) is 5.02 Å². The summed E-state index contributed by atoms with van der Waals surface area (Å²) >= 11 is 5.97. The molecule has 0 saturated heterocycles. The van der Waals surface area contributed by atoms with Crippen molar-refractivity contribution in [3.63, 3.8) is 0 Å². The van der Waals surface area contributed by atoms with Gasteiger partial charge in [0.05, 0.1) is 5.92 Å². The molecule has 27 heavy (non-hydrogen) atoms. The van der Waals surface area contributed by atoms with Gasteiger partial charge in [0.25, 0.3) is 0 Å². The molecule has 3 aromatic rings. The number of amides is 1. The average Bonchev–Trinajstić information content (AvgIpc) is 2.69. The maximum absolute atomic E-state index is 13.3. The van der Waals surface area contributed by atoms with Gasteiger partial charge in [-0.15, -0.1) is 0 Å². The molecule has 0 aromatic heterocycles. The van der Waals surface area contributed by atoms with E-state index in [4.69, 9.17) is 11.6 Å². The lowest BCUT2D eigenvalue weighted by Crippen LogP contribution is -2.44. The third-order valence-electron chi connectivity index (χ3n) is 6.20. The lowest BCUT2D eigenvalue weighted by molar-refractivity contribution is -0.122. The Balaban J connectivity index is 1.58. The number of halogens is 1. The molecule has 3 heteroatoms. The fourth-order valence-electron chi connectivity index (χ4n) is 5.10. The molecule has 0 radical (unpaired) electrons. The van der Waals surface area contributed by atoms with E-state index >= 15 is 0 Å². The number of hydrogen-bond donors (Lipinski definition) is 1. The fraction of sp³-hybridized carbons (Fsp3) is 0.208. The molecule has 2 atom stereocenters. The first-order valence-electron chi connectivity index (χ1n) is 9.39. The fourth-order valence-corrected chi connectivity index (χ4v) is 5.23. The van der Waals surface area contributed by atoms with Gasteiger partial charge in [-0.05, 0) is 52.4 Å². The Bertz CT molecular complexity index is 979. The molecular formula is C24H20ClNO. The SMILES string of the molecule is CC1C2c3ccccc3C(c3ccccc32)C1C(=O)Nc1ccc(Cl)cc1. The number of carbonyl (C=O) groups excluding carboxylic acids is 1. The quantitative estimate of drug-likeness (QED) is 0.602. The summed E-state index contributed by atoms with van der Waals surface area (Å²) in [6, 6.07) is 24.5. The summed E-state index contributed by atoms with van der Waals surface area (Å²) in [4.78, 5) is 13.3. The molecule has 2 unspecified atom stereocenters. The zero-order chi connectivity index (χ0) is 18.5. The minimum Gasteiger partial charge on any atom is -0.326 e.